The van der Waals surface area contributed by atoms with E-state index in [1.807, 2.05) is 13.8 Å². The smallest absolute Gasteiger partial charge is 0.269 e. The third kappa shape index (κ3) is 9.82. The highest BCUT2D eigenvalue weighted by Gasteiger charge is 2.35. The van der Waals surface area contributed by atoms with Gasteiger partial charge in [0.25, 0.3) is 5.69 Å². The van der Waals surface area contributed by atoms with Crippen LogP contribution in [0.15, 0.2) is 24.3 Å². The second-order valence-electron chi connectivity index (χ2n) is 11.6. The van der Waals surface area contributed by atoms with Gasteiger partial charge in [0.2, 0.25) is 35.4 Å². The number of nitrogens with one attached hydrogen (secondary N) is 5. The molecular weight excluding hydrogens is 574 g/mol. The second-order valence-corrected chi connectivity index (χ2v) is 11.6. The van der Waals surface area contributed by atoms with E-state index in [1.165, 1.54) is 43.0 Å². The number of nitro benzene ring substituents is 1. The summed E-state index contributed by atoms with van der Waals surface area (Å²) >= 11 is 0. The predicted octanol–water partition coefficient (Wildman–Crippen LogP) is 0.835. The van der Waals surface area contributed by atoms with Crippen LogP contribution in [0.4, 0.5) is 11.4 Å². The van der Waals surface area contributed by atoms with E-state index in [0.29, 0.717) is 5.69 Å². The van der Waals surface area contributed by atoms with Gasteiger partial charge in [-0.3, -0.25) is 43.8 Å². The molecule has 242 valence electrons. The van der Waals surface area contributed by atoms with Crippen molar-refractivity contribution in [2.45, 2.75) is 91.5 Å². The van der Waals surface area contributed by atoms with Crippen molar-refractivity contribution in [1.82, 2.24) is 26.2 Å². The number of imide groups is 1. The van der Waals surface area contributed by atoms with Crippen molar-refractivity contribution in [2.24, 2.45) is 11.8 Å². The monoisotopic (exact) mass is 617 g/mol. The number of amides is 6. The van der Waals surface area contributed by atoms with Crippen LogP contribution in [0.2, 0.25) is 0 Å². The number of carbonyl (C=O) groups excluding carboxylic acids is 6. The summed E-state index contributed by atoms with van der Waals surface area (Å²) in [6.45, 7) is 11.9. The first-order valence-electron chi connectivity index (χ1n) is 14.6. The van der Waals surface area contributed by atoms with E-state index in [0.717, 1.165) is 0 Å². The van der Waals surface area contributed by atoms with Gasteiger partial charge in [0.15, 0.2) is 0 Å². The first kappa shape index (κ1) is 35.8. The van der Waals surface area contributed by atoms with Crippen LogP contribution in [0.1, 0.15) is 61.3 Å². The third-order valence-corrected chi connectivity index (χ3v) is 7.21. The highest BCUT2D eigenvalue weighted by atomic mass is 16.6. The maximum atomic E-state index is 13.3. The number of benzene rings is 1. The topological polar surface area (TPSA) is 209 Å². The molecule has 1 saturated heterocycles. The summed E-state index contributed by atoms with van der Waals surface area (Å²) in [6.07, 6.45) is 0.348. The lowest BCUT2D eigenvalue weighted by Gasteiger charge is -2.30. The van der Waals surface area contributed by atoms with E-state index >= 15 is 0 Å². The fraction of sp³-hybridized carbons (Fsp3) is 0.586. The minimum Gasteiger partial charge on any atom is -0.343 e. The summed E-state index contributed by atoms with van der Waals surface area (Å²) in [5, 5.41) is 24.3. The highest BCUT2D eigenvalue weighted by molar-refractivity contribution is 6.02. The van der Waals surface area contributed by atoms with E-state index in [1.54, 1.807) is 20.8 Å². The van der Waals surface area contributed by atoms with Crippen molar-refractivity contribution >= 4 is 46.8 Å². The van der Waals surface area contributed by atoms with Gasteiger partial charge in [0.1, 0.15) is 18.1 Å². The van der Waals surface area contributed by atoms with Crippen LogP contribution in [-0.4, -0.2) is 82.0 Å². The van der Waals surface area contributed by atoms with Crippen LogP contribution in [0.3, 0.4) is 0 Å². The number of rotatable bonds is 15. The Morgan fingerprint density at radius 1 is 0.750 bits per heavy atom. The predicted molar refractivity (Wildman–Crippen MR) is 161 cm³/mol. The Balaban J connectivity index is 1.94. The molecule has 0 saturated carbocycles. The van der Waals surface area contributed by atoms with Gasteiger partial charge in [0, 0.05) is 43.2 Å². The number of non-ortho nitro benzene ring substituents is 1. The van der Waals surface area contributed by atoms with E-state index in [2.05, 4.69) is 26.6 Å². The molecule has 44 heavy (non-hydrogen) atoms. The van der Waals surface area contributed by atoms with Crippen LogP contribution >= 0.6 is 0 Å². The largest absolute Gasteiger partial charge is 0.343 e. The second kappa shape index (κ2) is 15.9. The molecule has 0 aliphatic carbocycles. The Bertz CT molecular complexity index is 1230. The Hall–Kier alpha value is -4.40. The summed E-state index contributed by atoms with van der Waals surface area (Å²) in [5.74, 6) is -3.28. The van der Waals surface area contributed by atoms with E-state index in [9.17, 15) is 38.9 Å². The Labute approximate surface area is 256 Å². The Morgan fingerprint density at radius 2 is 1.23 bits per heavy atom. The van der Waals surface area contributed by atoms with Crippen molar-refractivity contribution < 1.29 is 33.7 Å². The molecule has 1 heterocycles. The van der Waals surface area contributed by atoms with Crippen LogP contribution in [0.5, 0.6) is 0 Å². The zero-order valence-electron chi connectivity index (χ0n) is 26.1. The van der Waals surface area contributed by atoms with Gasteiger partial charge in [0.05, 0.1) is 11.0 Å². The average Bonchev–Trinajstić information content (AvgIpc) is 3.28. The van der Waals surface area contributed by atoms with Gasteiger partial charge in [-0.25, -0.2) is 0 Å². The van der Waals surface area contributed by atoms with Gasteiger partial charge in [-0.1, -0.05) is 27.7 Å². The summed E-state index contributed by atoms with van der Waals surface area (Å²) in [4.78, 5) is 87.2. The minimum atomic E-state index is -1.05. The van der Waals surface area contributed by atoms with Crippen molar-refractivity contribution in [3.05, 3.63) is 34.4 Å². The Kier molecular flexibility index (Phi) is 12.9. The normalized spacial score (nSPS) is 16.6. The number of nitro groups is 1. The summed E-state index contributed by atoms with van der Waals surface area (Å²) in [5.41, 5.74) is 0.170. The molecule has 1 aliphatic heterocycles. The van der Waals surface area contributed by atoms with Crippen molar-refractivity contribution in [1.29, 1.82) is 0 Å². The van der Waals surface area contributed by atoms with Gasteiger partial charge < -0.3 is 26.6 Å². The highest BCUT2D eigenvalue weighted by Crippen LogP contribution is 2.17. The zero-order chi connectivity index (χ0) is 33.3. The number of hydrogen-bond donors (Lipinski definition) is 5. The zero-order valence-corrected chi connectivity index (χ0v) is 26.1. The quantitative estimate of drug-likeness (QED) is 0.107. The fourth-order valence-electron chi connectivity index (χ4n) is 4.57. The molecule has 5 N–H and O–H groups in total. The molecule has 2 rings (SSSR count). The van der Waals surface area contributed by atoms with Crippen molar-refractivity contribution in [2.75, 3.05) is 11.9 Å². The first-order chi connectivity index (χ1) is 20.5. The minimum absolute atomic E-state index is 0.136. The molecule has 6 amide bonds. The molecule has 5 atom stereocenters. The van der Waals surface area contributed by atoms with Gasteiger partial charge in [-0.05, 0) is 44.7 Å². The summed E-state index contributed by atoms with van der Waals surface area (Å²) in [6, 6.07) is 0.992. The molecule has 1 aliphatic rings. The molecule has 15 nitrogen and oxygen atoms in total. The molecule has 0 aromatic heterocycles. The number of likely N-dealkylation sites (tertiary alicyclic amines) is 1. The third-order valence-electron chi connectivity index (χ3n) is 7.21. The standard InChI is InChI=1S/C29H43N7O8/c1-15(2)24(30-14-17(5)35-22(37)12-13-23(35)38)28(41)34-25(16(3)4)29(42)32-18(6)26(39)31-19(7)27(40)33-20-8-10-21(11-9-20)36(43)44/h8-11,15-19,24-25,30H,12-14H2,1-7H3,(H,31,39)(H,32,42)(H,33,40)(H,34,41)/t17-,18-,19-,24-,25-/m0/s1. The number of hydrogen-bond acceptors (Lipinski definition) is 9. The maximum Gasteiger partial charge on any atom is 0.269 e. The lowest BCUT2D eigenvalue weighted by Crippen LogP contribution is -2.59. The molecule has 15 heteroatoms. The summed E-state index contributed by atoms with van der Waals surface area (Å²) in [7, 11) is 0. The van der Waals surface area contributed by atoms with Crippen LogP contribution < -0.4 is 26.6 Å². The average molecular weight is 618 g/mol. The summed E-state index contributed by atoms with van der Waals surface area (Å²) < 4.78 is 0. The lowest BCUT2D eigenvalue weighted by molar-refractivity contribution is -0.384. The van der Waals surface area contributed by atoms with Crippen molar-refractivity contribution in [3.63, 3.8) is 0 Å². The van der Waals surface area contributed by atoms with E-state index < -0.39 is 58.8 Å². The lowest BCUT2D eigenvalue weighted by atomic mass is 9.99. The SMILES string of the molecule is CC(C)[C@H](NC[C@H](C)N1C(=O)CCC1=O)C(=O)N[C@H](C(=O)N[C@@H](C)C(=O)N[C@@H](C)C(=O)Nc1ccc([N+](=O)[O-])cc1)C(C)C. The van der Waals surface area contributed by atoms with E-state index in [-0.39, 0.29) is 48.7 Å². The van der Waals surface area contributed by atoms with Crippen molar-refractivity contribution in [3.8, 4) is 0 Å². The maximum absolute atomic E-state index is 13.3. The molecule has 0 radical (unpaired) electrons. The molecule has 1 aromatic carbocycles. The van der Waals surface area contributed by atoms with Crippen LogP contribution in [0, 0.1) is 22.0 Å². The van der Waals surface area contributed by atoms with E-state index in [4.69, 9.17) is 0 Å². The number of carbonyl (C=O) groups is 6. The Morgan fingerprint density at radius 3 is 1.73 bits per heavy atom. The van der Waals surface area contributed by atoms with Crippen LogP contribution in [-0.2, 0) is 28.8 Å². The number of anilines is 1. The van der Waals surface area contributed by atoms with Gasteiger partial charge in [-0.15, -0.1) is 0 Å². The van der Waals surface area contributed by atoms with Gasteiger partial charge >= 0.3 is 0 Å². The first-order valence-corrected chi connectivity index (χ1v) is 14.6. The molecular formula is C29H43N7O8. The molecule has 1 aromatic rings. The number of nitrogens with zero attached hydrogens (tertiary/aromatic N) is 2. The molecule has 0 bridgehead atoms. The fourth-order valence-corrected chi connectivity index (χ4v) is 4.57. The molecule has 0 unspecified atom stereocenters. The van der Waals surface area contributed by atoms with Gasteiger partial charge in [-0.2, -0.15) is 0 Å². The molecule has 1 fully saturated rings. The van der Waals surface area contributed by atoms with Crippen LogP contribution in [0.25, 0.3) is 0 Å². The molecule has 0 spiro atoms.